The van der Waals surface area contributed by atoms with Crippen molar-refractivity contribution < 1.29 is 13.2 Å². The fourth-order valence-corrected chi connectivity index (χ4v) is 6.82. The highest BCUT2D eigenvalue weighted by molar-refractivity contribution is 7.91. The molecule has 0 spiro atoms. The van der Waals surface area contributed by atoms with Crippen molar-refractivity contribution >= 4 is 33.3 Å². The van der Waals surface area contributed by atoms with Crippen molar-refractivity contribution in [3.63, 3.8) is 0 Å². The summed E-state index contributed by atoms with van der Waals surface area (Å²) in [5, 5.41) is 20.4. The third-order valence-corrected chi connectivity index (χ3v) is 9.80. The SMILES string of the molecule is CCCC(CCCN(C(=O)NCc1ccccc1)c1ccc(-c2cnn(C)c2)cc1)Nc1ncc(C#N)c(N2CCS(=O)(=O)CC2)n1. The van der Waals surface area contributed by atoms with Gasteiger partial charge >= 0.3 is 6.03 Å². The Kier molecular flexibility index (Phi) is 11.1. The first kappa shape index (κ1) is 33.4. The summed E-state index contributed by atoms with van der Waals surface area (Å²) in [6.07, 6.45) is 8.53. The molecule has 0 saturated carbocycles. The molecule has 5 rings (SSSR count). The summed E-state index contributed by atoms with van der Waals surface area (Å²) in [4.78, 5) is 26.2. The molecule has 2 N–H and O–H groups in total. The van der Waals surface area contributed by atoms with E-state index in [1.54, 1.807) is 9.58 Å². The van der Waals surface area contributed by atoms with Gasteiger partial charge in [-0.05, 0) is 42.5 Å². The maximum absolute atomic E-state index is 13.6. The number of rotatable bonds is 13. The summed E-state index contributed by atoms with van der Waals surface area (Å²) in [7, 11) is -1.19. The van der Waals surface area contributed by atoms with Crippen LogP contribution in [0.25, 0.3) is 11.1 Å². The molecule has 2 aromatic heterocycles. The van der Waals surface area contributed by atoms with Gasteiger partial charge in [0.2, 0.25) is 5.95 Å². The van der Waals surface area contributed by atoms with E-state index in [4.69, 9.17) is 0 Å². The predicted molar refractivity (Wildman–Crippen MR) is 184 cm³/mol. The molecule has 0 radical (unpaired) electrons. The van der Waals surface area contributed by atoms with Crippen LogP contribution in [0.15, 0.2) is 73.2 Å². The third kappa shape index (κ3) is 9.07. The average molecular weight is 656 g/mol. The molecule has 0 bridgehead atoms. The molecule has 47 heavy (non-hydrogen) atoms. The van der Waals surface area contributed by atoms with Crippen molar-refractivity contribution in [2.24, 2.45) is 7.05 Å². The van der Waals surface area contributed by atoms with E-state index in [0.29, 0.717) is 36.8 Å². The second-order valence-corrected chi connectivity index (χ2v) is 14.0. The topological polar surface area (TPSA) is 149 Å². The highest BCUT2D eigenvalue weighted by atomic mass is 32.2. The normalized spacial score (nSPS) is 14.6. The molecule has 2 aromatic carbocycles. The number of hydrogen-bond acceptors (Lipinski definition) is 9. The van der Waals surface area contributed by atoms with Crippen LogP contribution in [-0.2, 0) is 23.4 Å². The van der Waals surface area contributed by atoms with Crippen LogP contribution in [0.3, 0.4) is 0 Å². The maximum atomic E-state index is 13.6. The van der Waals surface area contributed by atoms with Crippen LogP contribution in [0.4, 0.5) is 22.2 Å². The van der Waals surface area contributed by atoms with Gasteiger partial charge in [0.05, 0.1) is 23.9 Å². The van der Waals surface area contributed by atoms with Crippen molar-refractivity contribution in [2.75, 3.05) is 46.3 Å². The molecular formula is C34H41N9O3S. The first-order valence-corrected chi connectivity index (χ1v) is 17.7. The van der Waals surface area contributed by atoms with E-state index in [0.717, 1.165) is 41.6 Å². The van der Waals surface area contributed by atoms with Crippen molar-refractivity contribution in [2.45, 2.75) is 45.2 Å². The molecule has 0 aliphatic carbocycles. The van der Waals surface area contributed by atoms with Gasteiger partial charge in [-0.2, -0.15) is 15.3 Å². The molecule has 1 aliphatic rings. The number of sulfone groups is 1. The summed E-state index contributed by atoms with van der Waals surface area (Å²) >= 11 is 0. The lowest BCUT2D eigenvalue weighted by atomic mass is 10.1. The highest BCUT2D eigenvalue weighted by Gasteiger charge is 2.25. The number of amides is 2. The van der Waals surface area contributed by atoms with E-state index in [-0.39, 0.29) is 36.7 Å². The number of nitrogens with one attached hydrogen (secondary N) is 2. The number of hydrogen-bond donors (Lipinski definition) is 2. The Hall–Kier alpha value is -4.96. The van der Waals surface area contributed by atoms with Crippen LogP contribution in [0.1, 0.15) is 43.7 Å². The van der Waals surface area contributed by atoms with Crippen LogP contribution >= 0.6 is 0 Å². The smallest absolute Gasteiger partial charge is 0.322 e. The molecule has 12 nitrogen and oxygen atoms in total. The van der Waals surface area contributed by atoms with Gasteiger partial charge in [0, 0.05) is 56.7 Å². The molecular weight excluding hydrogens is 615 g/mol. The molecule has 13 heteroatoms. The van der Waals surface area contributed by atoms with Gasteiger partial charge in [-0.15, -0.1) is 0 Å². The van der Waals surface area contributed by atoms with E-state index in [2.05, 4.69) is 38.7 Å². The van der Waals surface area contributed by atoms with E-state index < -0.39 is 9.84 Å². The Morgan fingerprint density at radius 1 is 1.04 bits per heavy atom. The molecule has 1 aliphatic heterocycles. The number of benzene rings is 2. The summed E-state index contributed by atoms with van der Waals surface area (Å²) in [6, 6.07) is 19.7. The number of carbonyl (C=O) groups is 1. The molecule has 3 heterocycles. The molecule has 2 amide bonds. The Morgan fingerprint density at radius 3 is 2.45 bits per heavy atom. The van der Waals surface area contributed by atoms with Crippen LogP contribution < -0.4 is 20.4 Å². The summed E-state index contributed by atoms with van der Waals surface area (Å²) in [6.45, 7) is 3.61. The van der Waals surface area contributed by atoms with Crippen molar-refractivity contribution in [3.05, 3.63) is 84.3 Å². The van der Waals surface area contributed by atoms with Crippen LogP contribution in [-0.4, -0.2) is 71.4 Å². The van der Waals surface area contributed by atoms with Crippen LogP contribution in [0.2, 0.25) is 0 Å². The molecule has 1 atom stereocenters. The summed E-state index contributed by atoms with van der Waals surface area (Å²) in [5.41, 5.74) is 4.16. The van der Waals surface area contributed by atoms with Crippen LogP contribution in [0.5, 0.6) is 0 Å². The molecule has 1 fully saturated rings. The Labute approximate surface area is 276 Å². The molecule has 1 unspecified atom stereocenters. The highest BCUT2D eigenvalue weighted by Crippen LogP contribution is 2.25. The summed E-state index contributed by atoms with van der Waals surface area (Å²) in [5.74, 6) is 0.913. The van der Waals surface area contributed by atoms with Crippen LogP contribution in [0, 0.1) is 11.3 Å². The Morgan fingerprint density at radius 2 is 1.79 bits per heavy atom. The van der Waals surface area contributed by atoms with Gasteiger partial charge in [0.15, 0.2) is 15.7 Å². The van der Waals surface area contributed by atoms with E-state index >= 15 is 0 Å². The second-order valence-electron chi connectivity index (χ2n) is 11.7. The van der Waals surface area contributed by atoms with Crippen molar-refractivity contribution in [1.29, 1.82) is 5.26 Å². The number of carbonyl (C=O) groups excluding carboxylic acids is 1. The first-order chi connectivity index (χ1) is 22.7. The average Bonchev–Trinajstić information content (AvgIpc) is 3.52. The van der Waals surface area contributed by atoms with E-state index in [9.17, 15) is 18.5 Å². The van der Waals surface area contributed by atoms with Crippen molar-refractivity contribution in [1.82, 2.24) is 25.1 Å². The number of urea groups is 1. The number of nitriles is 1. The van der Waals surface area contributed by atoms with Crippen molar-refractivity contribution in [3.8, 4) is 17.2 Å². The number of aryl methyl sites for hydroxylation is 1. The van der Waals surface area contributed by atoms with Gasteiger partial charge in [-0.25, -0.2) is 18.2 Å². The lowest BCUT2D eigenvalue weighted by Gasteiger charge is -2.29. The molecule has 4 aromatic rings. The molecule has 246 valence electrons. The standard InChI is InChI=1S/C34H41N9O3S/c1-3-8-30(39-33-36-23-28(21-35)32(40-33)42-17-19-47(45,46)20-18-42)11-7-16-43(34(44)37-22-26-9-5-4-6-10-26)31-14-12-27(13-15-31)29-24-38-41(2)25-29/h4-6,9-10,12-15,23-25,30H,3,7-8,11,16-20,22H2,1-2H3,(H,37,44)(H,36,39,40). The molecule has 1 saturated heterocycles. The fourth-order valence-electron chi connectivity index (χ4n) is 5.62. The largest absolute Gasteiger partial charge is 0.353 e. The Balaban J connectivity index is 1.27. The monoisotopic (exact) mass is 655 g/mol. The number of aromatic nitrogens is 4. The first-order valence-electron chi connectivity index (χ1n) is 15.9. The quantitative estimate of drug-likeness (QED) is 0.208. The second kappa shape index (κ2) is 15.6. The summed E-state index contributed by atoms with van der Waals surface area (Å²) < 4.78 is 25.7. The number of nitrogens with zero attached hydrogens (tertiary/aromatic N) is 7. The van der Waals surface area contributed by atoms with E-state index in [1.807, 2.05) is 78.9 Å². The third-order valence-electron chi connectivity index (χ3n) is 8.19. The fraction of sp³-hybridized carbons (Fsp3) is 0.382. The Bertz CT molecular complexity index is 1770. The van der Waals surface area contributed by atoms with E-state index in [1.165, 1.54) is 6.20 Å². The lowest BCUT2D eigenvalue weighted by molar-refractivity contribution is 0.245. The minimum absolute atomic E-state index is 0.0321. The van der Waals surface area contributed by atoms with Gasteiger partial charge in [0.25, 0.3) is 0 Å². The maximum Gasteiger partial charge on any atom is 0.322 e. The zero-order valence-electron chi connectivity index (χ0n) is 26.8. The zero-order chi connectivity index (χ0) is 33.2. The zero-order valence-corrected chi connectivity index (χ0v) is 27.7. The number of anilines is 3. The minimum atomic E-state index is -3.07. The van der Waals surface area contributed by atoms with Gasteiger partial charge in [-0.1, -0.05) is 55.8 Å². The minimum Gasteiger partial charge on any atom is -0.353 e. The predicted octanol–water partition coefficient (Wildman–Crippen LogP) is 4.76. The van der Waals surface area contributed by atoms with Gasteiger partial charge in [-0.3, -0.25) is 9.58 Å². The lowest BCUT2D eigenvalue weighted by Crippen LogP contribution is -2.41. The van der Waals surface area contributed by atoms with Gasteiger partial charge in [0.1, 0.15) is 11.6 Å². The van der Waals surface area contributed by atoms with Gasteiger partial charge < -0.3 is 15.5 Å².